The summed E-state index contributed by atoms with van der Waals surface area (Å²) in [5, 5.41) is 4.47. The van der Waals surface area contributed by atoms with Crippen LogP contribution in [0, 0.1) is 13.8 Å². The quantitative estimate of drug-likeness (QED) is 0.771. The number of hydrogen-bond acceptors (Lipinski definition) is 4. The van der Waals surface area contributed by atoms with E-state index < -0.39 is 0 Å². The molecule has 0 radical (unpaired) electrons. The lowest BCUT2D eigenvalue weighted by atomic mass is 10.1. The Bertz CT molecular complexity index is 1000. The van der Waals surface area contributed by atoms with Crippen molar-refractivity contribution in [2.75, 3.05) is 18.6 Å². The Morgan fingerprint density at radius 3 is 2.74 bits per heavy atom. The molecule has 0 aliphatic carbocycles. The number of benzene rings is 1. The molecule has 1 saturated heterocycles. The molecule has 27 heavy (non-hydrogen) atoms. The Morgan fingerprint density at radius 2 is 2.04 bits per heavy atom. The number of para-hydroxylation sites is 2. The Labute approximate surface area is 158 Å². The molecule has 1 aromatic carbocycles. The third-order valence-corrected chi connectivity index (χ3v) is 5.26. The van der Waals surface area contributed by atoms with Crippen LogP contribution < -0.4 is 9.64 Å². The van der Waals surface area contributed by atoms with E-state index in [1.807, 2.05) is 56.0 Å². The largest absolute Gasteiger partial charge is 0.495 e. The second-order valence-corrected chi connectivity index (χ2v) is 6.93. The Morgan fingerprint density at radius 1 is 1.26 bits per heavy atom. The zero-order valence-electron chi connectivity index (χ0n) is 16.0. The van der Waals surface area contributed by atoms with E-state index in [9.17, 15) is 4.79 Å². The number of methoxy groups -OCH3 is 1. The Balaban J connectivity index is 1.61. The van der Waals surface area contributed by atoms with E-state index >= 15 is 0 Å². The fourth-order valence-corrected chi connectivity index (χ4v) is 3.81. The van der Waals surface area contributed by atoms with Gasteiger partial charge in [0.15, 0.2) is 0 Å². The van der Waals surface area contributed by atoms with Gasteiger partial charge in [0.05, 0.1) is 30.4 Å². The molecule has 2 aromatic heterocycles. The monoisotopic (exact) mass is 365 g/mol. The zero-order valence-corrected chi connectivity index (χ0v) is 16.0. The molecule has 0 bridgehead atoms. The molecule has 1 amide bonds. The highest BCUT2D eigenvalue weighted by Gasteiger charge is 2.34. The van der Waals surface area contributed by atoms with Crippen molar-refractivity contribution in [2.45, 2.75) is 26.2 Å². The maximum absolute atomic E-state index is 12.6. The summed E-state index contributed by atoms with van der Waals surface area (Å²) in [6, 6.07) is 7.60. The number of rotatable bonds is 4. The van der Waals surface area contributed by atoms with Crippen molar-refractivity contribution < 1.29 is 9.53 Å². The third-order valence-electron chi connectivity index (χ3n) is 5.26. The lowest BCUT2D eigenvalue weighted by Gasteiger charge is -2.19. The number of hydrogen-bond donors (Lipinski definition) is 1. The van der Waals surface area contributed by atoms with E-state index in [2.05, 4.69) is 15.1 Å². The number of anilines is 1. The van der Waals surface area contributed by atoms with E-state index in [0.29, 0.717) is 18.7 Å². The molecule has 1 atom stereocenters. The van der Waals surface area contributed by atoms with Gasteiger partial charge in [0, 0.05) is 37.2 Å². The number of nitrogens with one attached hydrogen (secondary N) is 1. The van der Waals surface area contributed by atoms with Gasteiger partial charge in [-0.05, 0) is 26.0 Å². The number of amides is 1. The molecule has 1 fully saturated rings. The summed E-state index contributed by atoms with van der Waals surface area (Å²) in [4.78, 5) is 22.4. The molecular weight excluding hydrogens is 342 g/mol. The first-order valence-electron chi connectivity index (χ1n) is 8.98. The van der Waals surface area contributed by atoms with Crippen molar-refractivity contribution in [3.63, 3.8) is 0 Å². The van der Waals surface area contributed by atoms with Gasteiger partial charge in [-0.1, -0.05) is 12.1 Å². The molecule has 140 valence electrons. The third kappa shape index (κ3) is 2.89. The molecule has 3 heterocycles. The molecule has 1 N–H and O–H groups in total. The van der Waals surface area contributed by atoms with Crippen molar-refractivity contribution in [2.24, 2.45) is 7.05 Å². The predicted molar refractivity (Wildman–Crippen MR) is 103 cm³/mol. The zero-order chi connectivity index (χ0) is 19.1. The second-order valence-electron chi connectivity index (χ2n) is 6.93. The summed E-state index contributed by atoms with van der Waals surface area (Å²) in [5.41, 5.74) is 4.86. The summed E-state index contributed by atoms with van der Waals surface area (Å²) in [6.45, 7) is 4.61. The SMILES string of the molecule is COc1ccccc1N1CC(c2ncc(-c3c(C)nn(C)c3C)[nH]2)CC1=O. The predicted octanol–water partition coefficient (Wildman–Crippen LogP) is 2.96. The fourth-order valence-electron chi connectivity index (χ4n) is 3.81. The molecule has 1 aliphatic heterocycles. The fraction of sp³-hybridized carbons (Fsp3) is 0.350. The van der Waals surface area contributed by atoms with Crippen LogP contribution in [0.5, 0.6) is 5.75 Å². The van der Waals surface area contributed by atoms with E-state index in [0.717, 1.165) is 34.2 Å². The average Bonchev–Trinajstić information content (AvgIpc) is 3.34. The van der Waals surface area contributed by atoms with Crippen LogP contribution >= 0.6 is 0 Å². The lowest BCUT2D eigenvalue weighted by molar-refractivity contribution is -0.117. The van der Waals surface area contributed by atoms with Gasteiger partial charge in [-0.2, -0.15) is 5.10 Å². The van der Waals surface area contributed by atoms with Crippen LogP contribution in [0.25, 0.3) is 11.3 Å². The number of nitrogens with zero attached hydrogens (tertiary/aromatic N) is 4. The Hall–Kier alpha value is -3.09. The molecule has 1 unspecified atom stereocenters. The van der Waals surface area contributed by atoms with Crippen LogP contribution in [0.15, 0.2) is 30.5 Å². The number of H-pyrrole nitrogens is 1. The molecule has 7 heteroatoms. The summed E-state index contributed by atoms with van der Waals surface area (Å²) >= 11 is 0. The first kappa shape index (κ1) is 17.3. The number of aromatic amines is 1. The number of imidazole rings is 1. The van der Waals surface area contributed by atoms with E-state index in [4.69, 9.17) is 4.74 Å². The van der Waals surface area contributed by atoms with Crippen molar-refractivity contribution in [1.82, 2.24) is 19.7 Å². The summed E-state index contributed by atoms with van der Waals surface area (Å²) in [7, 11) is 3.55. The van der Waals surface area contributed by atoms with Crippen molar-refractivity contribution >= 4 is 11.6 Å². The van der Waals surface area contributed by atoms with E-state index in [1.54, 1.807) is 12.0 Å². The van der Waals surface area contributed by atoms with Crippen LogP contribution in [-0.2, 0) is 11.8 Å². The molecule has 0 saturated carbocycles. The van der Waals surface area contributed by atoms with Gasteiger partial charge in [-0.15, -0.1) is 0 Å². The molecule has 0 spiro atoms. The first-order chi connectivity index (χ1) is 13.0. The van der Waals surface area contributed by atoms with Gasteiger partial charge in [-0.25, -0.2) is 4.98 Å². The molecule has 1 aliphatic rings. The van der Waals surface area contributed by atoms with Gasteiger partial charge in [0.2, 0.25) is 5.91 Å². The van der Waals surface area contributed by atoms with Crippen molar-refractivity contribution in [3.05, 3.63) is 47.7 Å². The first-order valence-corrected chi connectivity index (χ1v) is 8.98. The van der Waals surface area contributed by atoms with Gasteiger partial charge in [0.1, 0.15) is 11.6 Å². The van der Waals surface area contributed by atoms with E-state index in [-0.39, 0.29) is 11.8 Å². The number of aromatic nitrogens is 4. The molecule has 3 aromatic rings. The van der Waals surface area contributed by atoms with Crippen LogP contribution in [-0.4, -0.2) is 39.3 Å². The van der Waals surface area contributed by atoms with Crippen molar-refractivity contribution in [3.8, 4) is 17.0 Å². The number of carbonyl (C=O) groups excluding carboxylic acids is 1. The van der Waals surface area contributed by atoms with Gasteiger partial charge < -0.3 is 14.6 Å². The van der Waals surface area contributed by atoms with Gasteiger partial charge in [-0.3, -0.25) is 9.48 Å². The molecule has 4 rings (SSSR count). The number of aryl methyl sites for hydroxylation is 2. The molecular formula is C20H23N5O2. The maximum atomic E-state index is 12.6. The van der Waals surface area contributed by atoms with Crippen LogP contribution in [0.2, 0.25) is 0 Å². The van der Waals surface area contributed by atoms with Crippen molar-refractivity contribution in [1.29, 1.82) is 0 Å². The minimum absolute atomic E-state index is 0.0217. The highest BCUT2D eigenvalue weighted by atomic mass is 16.5. The number of ether oxygens (including phenoxy) is 1. The summed E-state index contributed by atoms with van der Waals surface area (Å²) in [6.07, 6.45) is 2.26. The standard InChI is InChI=1S/C20H23N5O2/c1-12-19(13(2)24(3)23-12)15-10-21-20(22-15)14-9-18(26)25(11-14)16-7-5-6-8-17(16)27-4/h5-8,10,14H,9,11H2,1-4H3,(H,21,22). The van der Waals surface area contributed by atoms with Crippen LogP contribution in [0.1, 0.15) is 29.6 Å². The number of carbonyl (C=O) groups is 1. The second kappa shape index (κ2) is 6.57. The Kier molecular flexibility index (Phi) is 4.22. The van der Waals surface area contributed by atoms with Gasteiger partial charge in [0.25, 0.3) is 0 Å². The van der Waals surface area contributed by atoms with Gasteiger partial charge >= 0.3 is 0 Å². The van der Waals surface area contributed by atoms with Crippen LogP contribution in [0.4, 0.5) is 5.69 Å². The minimum atomic E-state index is 0.0217. The average molecular weight is 365 g/mol. The van der Waals surface area contributed by atoms with E-state index in [1.165, 1.54) is 0 Å². The normalized spacial score (nSPS) is 17.0. The summed E-state index contributed by atoms with van der Waals surface area (Å²) in [5.74, 6) is 1.64. The topological polar surface area (TPSA) is 76.0 Å². The maximum Gasteiger partial charge on any atom is 0.227 e. The highest BCUT2D eigenvalue weighted by Crippen LogP contribution is 2.36. The summed E-state index contributed by atoms with van der Waals surface area (Å²) < 4.78 is 7.28. The molecule has 7 nitrogen and oxygen atoms in total. The smallest absolute Gasteiger partial charge is 0.227 e. The highest BCUT2D eigenvalue weighted by molar-refractivity contribution is 5.97. The lowest BCUT2D eigenvalue weighted by Crippen LogP contribution is -2.24. The van der Waals surface area contributed by atoms with Crippen LogP contribution in [0.3, 0.4) is 0 Å². The minimum Gasteiger partial charge on any atom is -0.495 e.